The molecule has 0 radical (unpaired) electrons. The van der Waals surface area contributed by atoms with Crippen molar-refractivity contribution in [3.8, 4) is 5.75 Å². The summed E-state index contributed by atoms with van der Waals surface area (Å²) in [5.74, 6) is 0.625. The lowest BCUT2D eigenvalue weighted by atomic mass is 10.1. The van der Waals surface area contributed by atoms with E-state index in [0.29, 0.717) is 34.5 Å². The first-order valence-electron chi connectivity index (χ1n) is 8.81. The monoisotopic (exact) mass is 384 g/mol. The molecular formula is C21H21ClN2O3. The molecule has 0 fully saturated rings. The first kappa shape index (κ1) is 19.0. The Morgan fingerprint density at radius 3 is 2.81 bits per heavy atom. The highest BCUT2D eigenvalue weighted by atomic mass is 35.5. The Morgan fingerprint density at radius 1 is 1.26 bits per heavy atom. The number of fused-ring (bicyclic) bond motifs is 1. The molecule has 140 valence electrons. The summed E-state index contributed by atoms with van der Waals surface area (Å²) in [7, 11) is 0. The molecule has 1 aliphatic rings. The van der Waals surface area contributed by atoms with Crippen LogP contribution in [0.25, 0.3) is 6.08 Å². The van der Waals surface area contributed by atoms with Gasteiger partial charge in [-0.25, -0.2) is 0 Å². The van der Waals surface area contributed by atoms with Crippen LogP contribution in [0.1, 0.15) is 36.2 Å². The first-order chi connectivity index (χ1) is 12.9. The predicted molar refractivity (Wildman–Crippen MR) is 107 cm³/mol. The lowest BCUT2D eigenvalue weighted by Gasteiger charge is -2.20. The summed E-state index contributed by atoms with van der Waals surface area (Å²) in [6, 6.07) is 12.1. The Kier molecular flexibility index (Phi) is 5.81. The van der Waals surface area contributed by atoms with E-state index in [0.717, 1.165) is 12.0 Å². The Balaban J connectivity index is 1.75. The van der Waals surface area contributed by atoms with E-state index in [1.165, 1.54) is 0 Å². The molecule has 0 aliphatic carbocycles. The zero-order valence-corrected chi connectivity index (χ0v) is 16.0. The molecule has 0 saturated carbocycles. The molecule has 3 rings (SSSR count). The average molecular weight is 385 g/mol. The molecule has 2 aromatic carbocycles. The highest BCUT2D eigenvalue weighted by Gasteiger charge is 2.23. The third-order valence-electron chi connectivity index (χ3n) is 4.09. The maximum atomic E-state index is 12.3. The van der Waals surface area contributed by atoms with Crippen LogP contribution in [-0.2, 0) is 4.79 Å². The van der Waals surface area contributed by atoms with Gasteiger partial charge >= 0.3 is 0 Å². The maximum absolute atomic E-state index is 12.3. The molecule has 0 unspecified atom stereocenters. The standard InChI is InChI=1S/C21H21ClN2O3/c1-13(2)8-9-23-20(25)15-6-7-18-17(12-15)24-21(26)19(27-18)11-14-4-3-5-16(22)10-14/h3-7,10-13H,8-9H2,1-2H3,(H,23,25)(H,24,26). The molecule has 1 aliphatic heterocycles. The van der Waals surface area contributed by atoms with Crippen molar-refractivity contribution in [2.45, 2.75) is 20.3 Å². The predicted octanol–water partition coefficient (Wildman–Crippen LogP) is 4.49. The number of ether oxygens (including phenoxy) is 1. The minimum atomic E-state index is -0.375. The zero-order valence-electron chi connectivity index (χ0n) is 15.2. The van der Waals surface area contributed by atoms with E-state index in [2.05, 4.69) is 24.5 Å². The van der Waals surface area contributed by atoms with Gasteiger partial charge in [0, 0.05) is 17.1 Å². The molecule has 2 aromatic rings. The molecule has 0 bridgehead atoms. The topological polar surface area (TPSA) is 67.4 Å². The van der Waals surface area contributed by atoms with Gasteiger partial charge in [-0.3, -0.25) is 9.59 Å². The molecule has 2 N–H and O–H groups in total. The van der Waals surface area contributed by atoms with Crippen LogP contribution in [0.3, 0.4) is 0 Å². The van der Waals surface area contributed by atoms with Crippen LogP contribution in [0.5, 0.6) is 5.75 Å². The van der Waals surface area contributed by atoms with Crippen LogP contribution in [0.4, 0.5) is 5.69 Å². The summed E-state index contributed by atoms with van der Waals surface area (Å²) in [5.41, 5.74) is 1.71. The first-order valence-corrected chi connectivity index (χ1v) is 9.19. The fourth-order valence-electron chi connectivity index (χ4n) is 2.63. The van der Waals surface area contributed by atoms with Crippen molar-refractivity contribution in [3.63, 3.8) is 0 Å². The van der Waals surface area contributed by atoms with Crippen LogP contribution >= 0.6 is 11.6 Å². The lowest BCUT2D eigenvalue weighted by Crippen LogP contribution is -2.27. The quantitative estimate of drug-likeness (QED) is 0.746. The number of nitrogens with one attached hydrogen (secondary N) is 2. The van der Waals surface area contributed by atoms with Crippen molar-refractivity contribution < 1.29 is 14.3 Å². The van der Waals surface area contributed by atoms with E-state index < -0.39 is 0 Å². The minimum absolute atomic E-state index is 0.166. The summed E-state index contributed by atoms with van der Waals surface area (Å²) < 4.78 is 5.71. The van der Waals surface area contributed by atoms with Crippen LogP contribution in [-0.4, -0.2) is 18.4 Å². The van der Waals surface area contributed by atoms with Crippen molar-refractivity contribution in [2.24, 2.45) is 5.92 Å². The van der Waals surface area contributed by atoms with Crippen LogP contribution in [0, 0.1) is 5.92 Å². The highest BCUT2D eigenvalue weighted by Crippen LogP contribution is 2.32. The Hall–Kier alpha value is -2.79. The van der Waals surface area contributed by atoms with Crippen molar-refractivity contribution in [1.29, 1.82) is 0 Å². The minimum Gasteiger partial charge on any atom is -0.449 e. The van der Waals surface area contributed by atoms with Gasteiger partial charge in [0.2, 0.25) is 0 Å². The number of rotatable bonds is 5. The van der Waals surface area contributed by atoms with Crippen molar-refractivity contribution in [2.75, 3.05) is 11.9 Å². The second-order valence-corrected chi connectivity index (χ2v) is 7.21. The van der Waals surface area contributed by atoms with Crippen LogP contribution in [0.15, 0.2) is 48.2 Å². The van der Waals surface area contributed by atoms with Gasteiger partial charge < -0.3 is 15.4 Å². The van der Waals surface area contributed by atoms with Crippen molar-refractivity contribution in [3.05, 3.63) is 64.4 Å². The summed E-state index contributed by atoms with van der Waals surface area (Å²) in [5, 5.41) is 6.23. The molecule has 27 heavy (non-hydrogen) atoms. The van der Waals surface area contributed by atoms with Gasteiger partial charge in [-0.15, -0.1) is 0 Å². The number of carbonyl (C=O) groups excluding carboxylic acids is 2. The third-order valence-corrected chi connectivity index (χ3v) is 4.32. The largest absolute Gasteiger partial charge is 0.449 e. The highest BCUT2D eigenvalue weighted by molar-refractivity contribution is 6.30. The van der Waals surface area contributed by atoms with Gasteiger partial charge in [0.15, 0.2) is 11.5 Å². The molecule has 0 atom stereocenters. The Bertz CT molecular complexity index is 906. The van der Waals surface area contributed by atoms with Gasteiger partial charge in [0.05, 0.1) is 5.69 Å². The number of anilines is 1. The number of hydrogen-bond acceptors (Lipinski definition) is 3. The number of amides is 2. The second kappa shape index (κ2) is 8.27. The molecule has 0 aromatic heterocycles. The van der Waals surface area contributed by atoms with E-state index >= 15 is 0 Å². The number of halogens is 1. The number of carbonyl (C=O) groups is 2. The second-order valence-electron chi connectivity index (χ2n) is 6.77. The molecule has 0 saturated heterocycles. The Morgan fingerprint density at radius 2 is 2.07 bits per heavy atom. The van der Waals surface area contributed by atoms with E-state index in [-0.39, 0.29) is 17.6 Å². The van der Waals surface area contributed by atoms with E-state index in [9.17, 15) is 9.59 Å². The smallest absolute Gasteiger partial charge is 0.291 e. The van der Waals surface area contributed by atoms with Crippen molar-refractivity contribution in [1.82, 2.24) is 5.32 Å². The van der Waals surface area contributed by atoms with Crippen molar-refractivity contribution >= 4 is 35.2 Å². The van der Waals surface area contributed by atoms with Gasteiger partial charge in [0.25, 0.3) is 11.8 Å². The Labute approximate surface area is 163 Å². The number of benzene rings is 2. The molecule has 6 heteroatoms. The van der Waals surface area contributed by atoms with Gasteiger partial charge in [0.1, 0.15) is 0 Å². The molecule has 2 amide bonds. The van der Waals surface area contributed by atoms with Gasteiger partial charge in [-0.05, 0) is 54.3 Å². The van der Waals surface area contributed by atoms with E-state index in [1.807, 2.05) is 6.07 Å². The van der Waals surface area contributed by atoms with E-state index in [1.54, 1.807) is 42.5 Å². The molecular weight excluding hydrogens is 364 g/mol. The summed E-state index contributed by atoms with van der Waals surface area (Å²) in [6.45, 7) is 4.82. The van der Waals surface area contributed by atoms with E-state index in [4.69, 9.17) is 16.3 Å². The van der Waals surface area contributed by atoms with Gasteiger partial charge in [-0.2, -0.15) is 0 Å². The molecule has 1 heterocycles. The third kappa shape index (κ3) is 4.89. The van der Waals surface area contributed by atoms with Crippen LogP contribution < -0.4 is 15.4 Å². The molecule has 5 nitrogen and oxygen atoms in total. The maximum Gasteiger partial charge on any atom is 0.291 e. The average Bonchev–Trinajstić information content (AvgIpc) is 2.61. The van der Waals surface area contributed by atoms with Gasteiger partial charge in [-0.1, -0.05) is 37.6 Å². The summed E-state index contributed by atoms with van der Waals surface area (Å²) >= 11 is 5.97. The summed E-state index contributed by atoms with van der Waals surface area (Å²) in [4.78, 5) is 24.6. The zero-order chi connectivity index (χ0) is 19.4. The fraction of sp³-hybridized carbons (Fsp3) is 0.238. The summed E-state index contributed by atoms with van der Waals surface area (Å²) in [6.07, 6.45) is 2.53. The normalized spacial score (nSPS) is 14.5. The molecule has 0 spiro atoms. The lowest BCUT2D eigenvalue weighted by molar-refractivity contribution is -0.115. The SMILES string of the molecule is CC(C)CCNC(=O)c1ccc2c(c1)NC(=O)C(=Cc1cccc(Cl)c1)O2. The number of hydrogen-bond donors (Lipinski definition) is 2. The van der Waals surface area contributed by atoms with Crippen LogP contribution in [0.2, 0.25) is 5.02 Å². The fourth-order valence-corrected chi connectivity index (χ4v) is 2.82.